The van der Waals surface area contributed by atoms with Gasteiger partial charge in [-0.1, -0.05) is 30.3 Å². The van der Waals surface area contributed by atoms with Crippen LogP contribution in [-0.2, 0) is 0 Å². The molecule has 3 aromatic carbocycles. The molecule has 0 aliphatic rings. The molecular weight excluding hydrogens is 299 g/mol. The minimum atomic E-state index is 0. The summed E-state index contributed by atoms with van der Waals surface area (Å²) in [6, 6.07) is 23.2. The first-order valence-corrected chi connectivity index (χ1v) is 7.02. The van der Waals surface area contributed by atoms with Crippen LogP contribution < -0.4 is 0 Å². The third-order valence-corrected chi connectivity index (χ3v) is 3.36. The van der Waals surface area contributed by atoms with Gasteiger partial charge in [0.15, 0.2) is 0 Å². The largest absolute Gasteiger partial charge is 0.245 e. The summed E-state index contributed by atoms with van der Waals surface area (Å²) >= 11 is 0. The minimum absolute atomic E-state index is 0. The van der Waals surface area contributed by atoms with E-state index in [4.69, 9.17) is 0 Å². The SMILES string of the molecule is [Al].c1ccc(N=Nc2ccc3nc4ccccc4nc3c2)cc1. The van der Waals surface area contributed by atoms with Crippen LogP contribution in [0.5, 0.6) is 0 Å². The lowest BCUT2D eigenvalue weighted by Crippen LogP contribution is -1.86. The molecular formula is C18H12AlN4. The zero-order valence-electron chi connectivity index (χ0n) is 12.3. The second-order valence-corrected chi connectivity index (χ2v) is 4.92. The highest BCUT2D eigenvalue weighted by Crippen LogP contribution is 2.23. The molecule has 0 saturated carbocycles. The third kappa shape index (κ3) is 3.26. The van der Waals surface area contributed by atoms with Gasteiger partial charge >= 0.3 is 0 Å². The van der Waals surface area contributed by atoms with Crippen molar-refractivity contribution in [1.29, 1.82) is 0 Å². The number of rotatable bonds is 2. The van der Waals surface area contributed by atoms with Crippen molar-refractivity contribution in [2.45, 2.75) is 0 Å². The first-order valence-electron chi connectivity index (χ1n) is 7.02. The summed E-state index contributed by atoms with van der Waals surface area (Å²) in [4.78, 5) is 9.23. The average Bonchev–Trinajstić information content (AvgIpc) is 2.59. The Bertz CT molecular complexity index is 984. The molecule has 0 spiro atoms. The first kappa shape index (κ1) is 15.3. The second-order valence-electron chi connectivity index (χ2n) is 4.92. The van der Waals surface area contributed by atoms with E-state index in [2.05, 4.69) is 20.2 Å². The summed E-state index contributed by atoms with van der Waals surface area (Å²) < 4.78 is 0. The molecule has 0 fully saturated rings. The van der Waals surface area contributed by atoms with Crippen LogP contribution in [0.4, 0.5) is 11.4 Å². The summed E-state index contributed by atoms with van der Waals surface area (Å²) in [6.45, 7) is 0. The summed E-state index contributed by atoms with van der Waals surface area (Å²) in [5.74, 6) is 0. The number of azo groups is 1. The van der Waals surface area contributed by atoms with Crippen molar-refractivity contribution in [2.75, 3.05) is 0 Å². The molecule has 0 unspecified atom stereocenters. The number of nitrogens with zero attached hydrogens (tertiary/aromatic N) is 4. The van der Waals surface area contributed by atoms with Crippen molar-refractivity contribution in [1.82, 2.24) is 9.97 Å². The fourth-order valence-corrected chi connectivity index (χ4v) is 2.28. The number of fused-ring (bicyclic) bond motifs is 2. The Morgan fingerprint density at radius 1 is 0.522 bits per heavy atom. The van der Waals surface area contributed by atoms with E-state index < -0.39 is 0 Å². The van der Waals surface area contributed by atoms with Crippen LogP contribution in [0.25, 0.3) is 22.1 Å². The van der Waals surface area contributed by atoms with Crippen LogP contribution in [0, 0.1) is 0 Å². The highest BCUT2D eigenvalue weighted by Gasteiger charge is 2.02. The third-order valence-electron chi connectivity index (χ3n) is 3.36. The fraction of sp³-hybridized carbons (Fsp3) is 0. The second kappa shape index (κ2) is 6.66. The molecule has 4 aromatic rings. The zero-order chi connectivity index (χ0) is 14.8. The van der Waals surface area contributed by atoms with Crippen molar-refractivity contribution in [3.63, 3.8) is 0 Å². The molecule has 0 atom stereocenters. The van der Waals surface area contributed by atoms with Gasteiger partial charge in [-0.25, -0.2) is 9.97 Å². The number of aromatic nitrogens is 2. The normalized spacial score (nSPS) is 11.0. The molecule has 0 amide bonds. The van der Waals surface area contributed by atoms with Crippen molar-refractivity contribution < 1.29 is 0 Å². The highest BCUT2D eigenvalue weighted by molar-refractivity contribution is 5.87. The zero-order valence-corrected chi connectivity index (χ0v) is 13.4. The number of hydrogen-bond donors (Lipinski definition) is 0. The van der Waals surface area contributed by atoms with Gasteiger partial charge in [0.25, 0.3) is 0 Å². The van der Waals surface area contributed by atoms with Crippen LogP contribution in [0.1, 0.15) is 0 Å². The van der Waals surface area contributed by atoms with Crippen molar-refractivity contribution in [3.05, 3.63) is 72.8 Å². The maximum absolute atomic E-state index is 4.63. The van der Waals surface area contributed by atoms with E-state index in [-0.39, 0.29) is 17.4 Å². The monoisotopic (exact) mass is 311 g/mol. The molecule has 3 radical (unpaired) electrons. The van der Waals surface area contributed by atoms with E-state index in [9.17, 15) is 0 Å². The lowest BCUT2D eigenvalue weighted by atomic mass is 10.2. The molecule has 107 valence electrons. The van der Waals surface area contributed by atoms with Crippen LogP contribution in [0.2, 0.25) is 0 Å². The molecule has 1 heterocycles. The molecule has 1 aromatic heterocycles. The maximum atomic E-state index is 4.63. The molecule has 5 heteroatoms. The Kier molecular flexibility index (Phi) is 4.43. The lowest BCUT2D eigenvalue weighted by Gasteiger charge is -2.01. The smallest absolute Gasteiger partial charge is 0.0916 e. The summed E-state index contributed by atoms with van der Waals surface area (Å²) in [6.07, 6.45) is 0. The molecule has 0 N–H and O–H groups in total. The predicted molar refractivity (Wildman–Crippen MR) is 93.4 cm³/mol. The number of para-hydroxylation sites is 2. The summed E-state index contributed by atoms with van der Waals surface area (Å²) in [5.41, 5.74) is 5.05. The van der Waals surface area contributed by atoms with Crippen LogP contribution in [-0.4, -0.2) is 27.3 Å². The number of hydrogen-bond acceptors (Lipinski definition) is 4. The summed E-state index contributed by atoms with van der Waals surface area (Å²) in [5, 5.41) is 8.49. The Morgan fingerprint density at radius 2 is 1.09 bits per heavy atom. The average molecular weight is 311 g/mol. The van der Waals surface area contributed by atoms with E-state index in [1.165, 1.54) is 0 Å². The van der Waals surface area contributed by atoms with E-state index >= 15 is 0 Å². The van der Waals surface area contributed by atoms with Gasteiger partial charge in [0.05, 0.1) is 33.4 Å². The summed E-state index contributed by atoms with van der Waals surface area (Å²) in [7, 11) is 0. The molecule has 0 aliphatic carbocycles. The van der Waals surface area contributed by atoms with E-state index in [1.807, 2.05) is 72.8 Å². The quantitative estimate of drug-likeness (QED) is 0.303. The van der Waals surface area contributed by atoms with Crippen molar-refractivity contribution >= 4 is 50.8 Å². The van der Waals surface area contributed by atoms with E-state index in [1.54, 1.807) is 0 Å². The molecule has 4 rings (SSSR count). The predicted octanol–water partition coefficient (Wildman–Crippen LogP) is 4.82. The number of benzene rings is 3. The van der Waals surface area contributed by atoms with Gasteiger partial charge < -0.3 is 0 Å². The van der Waals surface area contributed by atoms with Crippen molar-refractivity contribution in [3.8, 4) is 0 Å². The minimum Gasteiger partial charge on any atom is -0.245 e. The molecule has 23 heavy (non-hydrogen) atoms. The van der Waals surface area contributed by atoms with Gasteiger partial charge in [0.2, 0.25) is 0 Å². The van der Waals surface area contributed by atoms with Gasteiger partial charge in [-0.3, -0.25) is 0 Å². The van der Waals surface area contributed by atoms with E-state index in [0.29, 0.717) is 0 Å². The Balaban J connectivity index is 0.00000156. The van der Waals surface area contributed by atoms with Gasteiger partial charge in [-0.2, -0.15) is 10.2 Å². The lowest BCUT2D eigenvalue weighted by molar-refractivity contribution is 1.23. The van der Waals surface area contributed by atoms with Crippen LogP contribution >= 0.6 is 0 Å². The van der Waals surface area contributed by atoms with Gasteiger partial charge in [0, 0.05) is 17.4 Å². The van der Waals surface area contributed by atoms with E-state index in [0.717, 1.165) is 33.4 Å². The van der Waals surface area contributed by atoms with Gasteiger partial charge in [-0.05, 0) is 42.5 Å². The Hall–Kier alpha value is -2.61. The highest BCUT2D eigenvalue weighted by atomic mass is 27.0. The maximum Gasteiger partial charge on any atom is 0.0916 e. The van der Waals surface area contributed by atoms with Crippen LogP contribution in [0.3, 0.4) is 0 Å². The van der Waals surface area contributed by atoms with Gasteiger partial charge in [0.1, 0.15) is 0 Å². The Morgan fingerprint density at radius 3 is 1.83 bits per heavy atom. The van der Waals surface area contributed by atoms with Gasteiger partial charge in [-0.15, -0.1) is 0 Å². The molecule has 0 saturated heterocycles. The standard InChI is InChI=1S/C18H12N4.Al/c1-2-6-13(7-3-1)21-22-14-10-11-17-18(12-14)20-16-9-5-4-8-15(16)19-17;/h1-12H;. The molecule has 4 nitrogen and oxygen atoms in total. The molecule has 0 aliphatic heterocycles. The van der Waals surface area contributed by atoms with Crippen LogP contribution in [0.15, 0.2) is 83.0 Å². The van der Waals surface area contributed by atoms with Crippen molar-refractivity contribution in [2.24, 2.45) is 10.2 Å². The first-order chi connectivity index (χ1) is 10.9. The topological polar surface area (TPSA) is 50.5 Å². The Labute approximate surface area is 144 Å². The molecule has 0 bridgehead atoms. The fourth-order valence-electron chi connectivity index (χ4n) is 2.28.